The quantitative estimate of drug-likeness (QED) is 0.507. The van der Waals surface area contributed by atoms with E-state index in [9.17, 15) is 4.79 Å². The summed E-state index contributed by atoms with van der Waals surface area (Å²) < 4.78 is 0. The van der Waals surface area contributed by atoms with Crippen molar-refractivity contribution in [1.29, 1.82) is 0 Å². The predicted octanol–water partition coefficient (Wildman–Crippen LogP) is 2.17. The predicted molar refractivity (Wildman–Crippen MR) is 67.1 cm³/mol. The maximum absolute atomic E-state index is 11.7. The van der Waals surface area contributed by atoms with Crippen LogP contribution in [0.5, 0.6) is 0 Å². The fraction of sp³-hybridized carbons (Fsp3) is 0.500. The fourth-order valence-corrected chi connectivity index (χ4v) is 1.45. The largest absolute Gasteiger partial charge is 0.295 e. The Labute approximate surface area is 109 Å². The fourth-order valence-electron chi connectivity index (χ4n) is 0.931. The van der Waals surface area contributed by atoms with Gasteiger partial charge in [0.1, 0.15) is 0 Å². The van der Waals surface area contributed by atoms with Crippen molar-refractivity contribution in [2.75, 3.05) is 12.9 Å². The van der Waals surface area contributed by atoms with E-state index >= 15 is 0 Å². The van der Waals surface area contributed by atoms with Crippen molar-refractivity contribution in [2.45, 2.75) is 19.0 Å². The molecule has 0 saturated heterocycles. The molecule has 0 aliphatic carbocycles. The highest BCUT2D eigenvalue weighted by molar-refractivity contribution is 7.98. The minimum absolute atomic E-state index is 0.120. The molecule has 1 amide bonds. The molecule has 0 aliphatic rings. The SMILES string of the molecule is CSc1ncc(Cl)c(C(=O)NOCC(C)C)n1. The minimum Gasteiger partial charge on any atom is -0.273 e. The van der Waals surface area contributed by atoms with E-state index in [0.29, 0.717) is 17.7 Å². The van der Waals surface area contributed by atoms with E-state index in [1.807, 2.05) is 20.1 Å². The smallest absolute Gasteiger partial charge is 0.273 e. The summed E-state index contributed by atoms with van der Waals surface area (Å²) in [5, 5.41) is 0.692. The van der Waals surface area contributed by atoms with Gasteiger partial charge in [0.15, 0.2) is 10.9 Å². The third kappa shape index (κ3) is 4.49. The molecule has 0 aromatic carbocycles. The van der Waals surface area contributed by atoms with E-state index in [0.717, 1.165) is 0 Å². The molecule has 17 heavy (non-hydrogen) atoms. The maximum Gasteiger partial charge on any atom is 0.295 e. The highest BCUT2D eigenvalue weighted by atomic mass is 35.5. The molecule has 0 unspecified atom stereocenters. The molecule has 7 heteroatoms. The number of rotatable bonds is 5. The Balaban J connectivity index is 2.67. The van der Waals surface area contributed by atoms with Crippen LogP contribution in [0.25, 0.3) is 0 Å². The van der Waals surface area contributed by atoms with E-state index in [1.165, 1.54) is 18.0 Å². The van der Waals surface area contributed by atoms with Crippen molar-refractivity contribution < 1.29 is 9.63 Å². The average Bonchev–Trinajstić information content (AvgIpc) is 2.29. The Morgan fingerprint density at radius 3 is 2.94 bits per heavy atom. The van der Waals surface area contributed by atoms with E-state index in [4.69, 9.17) is 16.4 Å². The van der Waals surface area contributed by atoms with Crippen molar-refractivity contribution in [3.63, 3.8) is 0 Å². The molecule has 0 atom stereocenters. The van der Waals surface area contributed by atoms with E-state index in [-0.39, 0.29) is 10.7 Å². The first-order valence-electron chi connectivity index (χ1n) is 5.03. The van der Waals surface area contributed by atoms with Crippen LogP contribution in [0.3, 0.4) is 0 Å². The summed E-state index contributed by atoms with van der Waals surface area (Å²) in [4.78, 5) is 24.7. The summed E-state index contributed by atoms with van der Waals surface area (Å²) in [7, 11) is 0. The Morgan fingerprint density at radius 2 is 2.35 bits per heavy atom. The molecule has 1 N–H and O–H groups in total. The van der Waals surface area contributed by atoms with Crippen LogP contribution in [-0.2, 0) is 4.84 Å². The van der Waals surface area contributed by atoms with Gasteiger partial charge < -0.3 is 0 Å². The molecule has 0 radical (unpaired) electrons. The van der Waals surface area contributed by atoms with Crippen LogP contribution < -0.4 is 5.48 Å². The van der Waals surface area contributed by atoms with Crippen LogP contribution in [-0.4, -0.2) is 28.7 Å². The molecule has 0 fully saturated rings. The molecule has 1 aromatic rings. The van der Waals surface area contributed by atoms with Crippen molar-refractivity contribution >= 4 is 29.3 Å². The Morgan fingerprint density at radius 1 is 1.65 bits per heavy atom. The van der Waals surface area contributed by atoms with Crippen molar-refractivity contribution in [2.24, 2.45) is 5.92 Å². The van der Waals surface area contributed by atoms with Crippen LogP contribution in [0.4, 0.5) is 0 Å². The summed E-state index contributed by atoms with van der Waals surface area (Å²) >= 11 is 7.18. The first-order chi connectivity index (χ1) is 8.04. The number of hydrogen-bond acceptors (Lipinski definition) is 5. The summed E-state index contributed by atoms with van der Waals surface area (Å²) in [5.41, 5.74) is 2.42. The van der Waals surface area contributed by atoms with Crippen LogP contribution in [0.1, 0.15) is 24.3 Å². The van der Waals surface area contributed by atoms with Gasteiger partial charge in [0, 0.05) is 0 Å². The highest BCUT2D eigenvalue weighted by Crippen LogP contribution is 2.16. The first-order valence-corrected chi connectivity index (χ1v) is 6.63. The number of thioether (sulfide) groups is 1. The normalized spacial score (nSPS) is 10.6. The van der Waals surface area contributed by atoms with E-state index in [2.05, 4.69) is 15.4 Å². The lowest BCUT2D eigenvalue weighted by molar-refractivity contribution is 0.0204. The van der Waals surface area contributed by atoms with Crippen LogP contribution in [0, 0.1) is 5.92 Å². The standard InChI is InChI=1S/C10H14ClN3O2S/c1-6(2)5-16-14-9(15)8-7(11)4-12-10(13-8)17-3/h4,6H,5H2,1-3H3,(H,14,15). The lowest BCUT2D eigenvalue weighted by Gasteiger charge is -2.08. The topological polar surface area (TPSA) is 64.1 Å². The number of nitrogens with one attached hydrogen (secondary N) is 1. The molecular formula is C10H14ClN3O2S. The summed E-state index contributed by atoms with van der Waals surface area (Å²) in [6, 6.07) is 0. The van der Waals surface area contributed by atoms with Gasteiger partial charge in [-0.25, -0.2) is 15.4 Å². The average molecular weight is 276 g/mol. The minimum atomic E-state index is -0.464. The number of carbonyl (C=O) groups excluding carboxylic acids is 1. The highest BCUT2D eigenvalue weighted by Gasteiger charge is 2.14. The second-order valence-electron chi connectivity index (χ2n) is 3.69. The first kappa shape index (κ1) is 14.2. The molecule has 0 aliphatic heterocycles. The number of amides is 1. The molecule has 0 bridgehead atoms. The van der Waals surface area contributed by atoms with E-state index < -0.39 is 5.91 Å². The van der Waals surface area contributed by atoms with Crippen LogP contribution >= 0.6 is 23.4 Å². The van der Waals surface area contributed by atoms with Crippen molar-refractivity contribution in [1.82, 2.24) is 15.4 Å². The number of hydroxylamine groups is 1. The van der Waals surface area contributed by atoms with Gasteiger partial charge in [-0.3, -0.25) is 9.63 Å². The lowest BCUT2D eigenvalue weighted by Crippen LogP contribution is -2.27. The zero-order valence-electron chi connectivity index (χ0n) is 9.86. The molecule has 1 heterocycles. The molecular weight excluding hydrogens is 262 g/mol. The Kier molecular flexibility index (Phi) is 5.67. The zero-order valence-corrected chi connectivity index (χ0v) is 11.4. The number of carbonyl (C=O) groups is 1. The molecule has 0 saturated carbocycles. The van der Waals surface area contributed by atoms with Crippen LogP contribution in [0.15, 0.2) is 11.4 Å². The number of halogens is 1. The molecule has 1 aromatic heterocycles. The van der Waals surface area contributed by atoms with Gasteiger partial charge in [0.05, 0.1) is 17.8 Å². The second kappa shape index (κ2) is 6.78. The number of nitrogens with zero attached hydrogens (tertiary/aromatic N) is 2. The van der Waals surface area contributed by atoms with Crippen molar-refractivity contribution in [3.05, 3.63) is 16.9 Å². The monoisotopic (exact) mass is 275 g/mol. The lowest BCUT2D eigenvalue weighted by atomic mass is 10.2. The molecule has 0 spiro atoms. The van der Waals surface area contributed by atoms with Gasteiger partial charge in [0.25, 0.3) is 5.91 Å². The van der Waals surface area contributed by atoms with Gasteiger partial charge >= 0.3 is 0 Å². The summed E-state index contributed by atoms with van der Waals surface area (Å²) in [6.07, 6.45) is 3.22. The van der Waals surface area contributed by atoms with Gasteiger partial charge in [-0.15, -0.1) is 0 Å². The van der Waals surface area contributed by atoms with Crippen molar-refractivity contribution in [3.8, 4) is 0 Å². The Hall–Kier alpha value is -0.850. The van der Waals surface area contributed by atoms with Gasteiger partial charge in [-0.05, 0) is 12.2 Å². The zero-order chi connectivity index (χ0) is 12.8. The summed E-state index contributed by atoms with van der Waals surface area (Å²) in [5.74, 6) is -0.133. The maximum atomic E-state index is 11.7. The third-order valence-electron chi connectivity index (χ3n) is 1.70. The molecule has 1 rings (SSSR count). The van der Waals surface area contributed by atoms with Gasteiger partial charge in [-0.2, -0.15) is 0 Å². The van der Waals surface area contributed by atoms with Gasteiger partial charge in [-0.1, -0.05) is 37.2 Å². The van der Waals surface area contributed by atoms with Crippen LogP contribution in [0.2, 0.25) is 5.02 Å². The number of hydrogen-bond donors (Lipinski definition) is 1. The number of aromatic nitrogens is 2. The Bertz CT molecular complexity index is 401. The third-order valence-corrected chi connectivity index (χ3v) is 2.54. The van der Waals surface area contributed by atoms with Gasteiger partial charge in [0.2, 0.25) is 0 Å². The molecule has 94 valence electrons. The molecule has 5 nitrogen and oxygen atoms in total. The summed E-state index contributed by atoms with van der Waals surface area (Å²) in [6.45, 7) is 4.40. The van der Waals surface area contributed by atoms with E-state index in [1.54, 1.807) is 0 Å². The second-order valence-corrected chi connectivity index (χ2v) is 4.87.